The van der Waals surface area contributed by atoms with Crippen LogP contribution in [0.5, 0.6) is 0 Å². The topological polar surface area (TPSA) is 49.7 Å². The maximum absolute atomic E-state index is 4.97. The van der Waals surface area contributed by atoms with E-state index in [1.54, 1.807) is 0 Å². The SMILES string of the molecule is c1ccc2c(c1)nc(-c1ccn[nH]1)n2C1CCN(C2C[C@H]3CCCC[C@@H](C2)C3)CC1. The Labute approximate surface area is 178 Å². The molecule has 3 aliphatic rings. The number of H-pyrrole nitrogens is 1. The molecule has 30 heavy (non-hydrogen) atoms. The normalized spacial score (nSPS) is 28.6. The molecule has 158 valence electrons. The highest BCUT2D eigenvalue weighted by Crippen LogP contribution is 2.41. The summed E-state index contributed by atoms with van der Waals surface area (Å²) in [6, 6.07) is 12.0. The van der Waals surface area contributed by atoms with Gasteiger partial charge >= 0.3 is 0 Å². The van der Waals surface area contributed by atoms with E-state index in [0.717, 1.165) is 34.9 Å². The molecule has 2 aliphatic carbocycles. The van der Waals surface area contributed by atoms with Gasteiger partial charge < -0.3 is 9.47 Å². The zero-order valence-electron chi connectivity index (χ0n) is 17.8. The van der Waals surface area contributed by atoms with Gasteiger partial charge in [0.15, 0.2) is 5.82 Å². The summed E-state index contributed by atoms with van der Waals surface area (Å²) in [6.45, 7) is 2.45. The van der Waals surface area contributed by atoms with E-state index in [2.05, 4.69) is 43.9 Å². The Kier molecular flexibility index (Phi) is 4.87. The number of rotatable bonds is 3. The van der Waals surface area contributed by atoms with Crippen LogP contribution in [0.15, 0.2) is 36.5 Å². The molecular weight excluding hydrogens is 370 g/mol. The first-order valence-electron chi connectivity index (χ1n) is 12.1. The molecule has 2 bridgehead atoms. The number of nitrogens with zero attached hydrogens (tertiary/aromatic N) is 4. The number of para-hydroxylation sites is 2. The van der Waals surface area contributed by atoms with Crippen molar-refractivity contribution in [2.75, 3.05) is 13.1 Å². The van der Waals surface area contributed by atoms with E-state index in [1.165, 1.54) is 76.4 Å². The third-order valence-corrected chi connectivity index (χ3v) is 8.07. The van der Waals surface area contributed by atoms with Crippen LogP contribution in [-0.2, 0) is 0 Å². The minimum absolute atomic E-state index is 0.512. The molecule has 1 aliphatic heterocycles. The van der Waals surface area contributed by atoms with Gasteiger partial charge in [-0.25, -0.2) is 4.98 Å². The largest absolute Gasteiger partial charge is 0.319 e. The molecule has 3 fully saturated rings. The summed E-state index contributed by atoms with van der Waals surface area (Å²) in [4.78, 5) is 7.81. The number of fused-ring (bicyclic) bond motifs is 3. The molecule has 1 aromatic carbocycles. The third kappa shape index (κ3) is 3.37. The van der Waals surface area contributed by atoms with Crippen LogP contribution >= 0.6 is 0 Å². The average molecular weight is 404 g/mol. The summed E-state index contributed by atoms with van der Waals surface area (Å²) in [6.07, 6.45) is 14.6. The third-order valence-electron chi connectivity index (χ3n) is 8.07. The lowest BCUT2D eigenvalue weighted by atomic mass is 9.77. The minimum atomic E-state index is 0.512. The van der Waals surface area contributed by atoms with E-state index >= 15 is 0 Å². The summed E-state index contributed by atoms with van der Waals surface area (Å²) < 4.78 is 2.49. The maximum atomic E-state index is 4.97. The first kappa shape index (κ1) is 18.6. The molecule has 6 rings (SSSR count). The second-order valence-electron chi connectivity index (χ2n) is 9.91. The molecule has 5 nitrogen and oxygen atoms in total. The predicted molar refractivity (Wildman–Crippen MR) is 120 cm³/mol. The number of benzene rings is 1. The zero-order chi connectivity index (χ0) is 19.9. The van der Waals surface area contributed by atoms with Gasteiger partial charge in [-0.15, -0.1) is 0 Å². The number of hydrogen-bond donors (Lipinski definition) is 1. The summed E-state index contributed by atoms with van der Waals surface area (Å²) >= 11 is 0. The standard InChI is InChI=1S/C25H33N5/c1-2-6-19-15-18(5-1)16-21(17-19)29-13-10-20(11-14-29)30-24-8-4-3-7-22(24)27-25(30)23-9-12-26-28-23/h3-4,7-9,12,18-21H,1-2,5-6,10-11,13-17H2,(H,26,28)/t18-,19+,21?. The van der Waals surface area contributed by atoms with Crippen molar-refractivity contribution < 1.29 is 0 Å². The summed E-state index contributed by atoms with van der Waals surface area (Å²) in [5.74, 6) is 3.04. The van der Waals surface area contributed by atoms with Crippen molar-refractivity contribution >= 4 is 11.0 Å². The molecule has 0 spiro atoms. The summed E-state index contributed by atoms with van der Waals surface area (Å²) in [5.41, 5.74) is 3.36. The van der Waals surface area contributed by atoms with Gasteiger partial charge in [-0.05, 0) is 62.1 Å². The molecule has 2 aromatic heterocycles. The molecule has 0 radical (unpaired) electrons. The van der Waals surface area contributed by atoms with Gasteiger partial charge in [0.25, 0.3) is 0 Å². The molecule has 1 saturated heterocycles. The lowest BCUT2D eigenvalue weighted by Gasteiger charge is -2.43. The van der Waals surface area contributed by atoms with Gasteiger partial charge in [0, 0.05) is 31.4 Å². The van der Waals surface area contributed by atoms with Gasteiger partial charge in [-0.1, -0.05) is 37.8 Å². The summed E-state index contributed by atoms with van der Waals surface area (Å²) in [5, 5.41) is 7.32. The molecule has 1 N–H and O–H groups in total. The smallest absolute Gasteiger partial charge is 0.159 e. The molecule has 5 heteroatoms. The zero-order valence-corrected chi connectivity index (χ0v) is 17.8. The average Bonchev–Trinajstić information content (AvgIpc) is 3.41. The first-order chi connectivity index (χ1) is 14.8. The molecule has 0 amide bonds. The van der Waals surface area contributed by atoms with Crippen molar-refractivity contribution in [3.8, 4) is 11.5 Å². The van der Waals surface area contributed by atoms with Gasteiger partial charge in [0.05, 0.1) is 11.0 Å². The van der Waals surface area contributed by atoms with E-state index in [-0.39, 0.29) is 0 Å². The highest BCUT2D eigenvalue weighted by molar-refractivity contribution is 5.80. The van der Waals surface area contributed by atoms with Crippen molar-refractivity contribution in [2.45, 2.75) is 69.9 Å². The van der Waals surface area contributed by atoms with Gasteiger partial charge in [-0.2, -0.15) is 5.10 Å². The van der Waals surface area contributed by atoms with Crippen LogP contribution in [0, 0.1) is 11.8 Å². The Balaban J connectivity index is 1.23. The summed E-state index contributed by atoms with van der Waals surface area (Å²) in [7, 11) is 0. The Morgan fingerprint density at radius 2 is 1.60 bits per heavy atom. The van der Waals surface area contributed by atoms with Crippen LogP contribution in [0.1, 0.15) is 63.8 Å². The van der Waals surface area contributed by atoms with Crippen LogP contribution in [0.25, 0.3) is 22.6 Å². The van der Waals surface area contributed by atoms with Crippen molar-refractivity contribution in [3.63, 3.8) is 0 Å². The number of aromatic nitrogens is 4. The van der Waals surface area contributed by atoms with Gasteiger partial charge in [0.1, 0.15) is 5.69 Å². The maximum Gasteiger partial charge on any atom is 0.159 e. The van der Waals surface area contributed by atoms with E-state index < -0.39 is 0 Å². The minimum Gasteiger partial charge on any atom is -0.319 e. The van der Waals surface area contributed by atoms with Crippen molar-refractivity contribution in [2.24, 2.45) is 11.8 Å². The van der Waals surface area contributed by atoms with Crippen molar-refractivity contribution in [1.29, 1.82) is 0 Å². The molecule has 2 saturated carbocycles. The number of imidazole rings is 1. The predicted octanol–water partition coefficient (Wildman–Crippen LogP) is 5.42. The van der Waals surface area contributed by atoms with Crippen molar-refractivity contribution in [1.82, 2.24) is 24.6 Å². The first-order valence-corrected chi connectivity index (χ1v) is 12.1. The number of nitrogens with one attached hydrogen (secondary N) is 1. The number of likely N-dealkylation sites (tertiary alicyclic amines) is 1. The Morgan fingerprint density at radius 1 is 0.833 bits per heavy atom. The second-order valence-corrected chi connectivity index (χ2v) is 9.91. The highest BCUT2D eigenvalue weighted by Gasteiger charge is 2.35. The van der Waals surface area contributed by atoms with Gasteiger partial charge in [0.2, 0.25) is 0 Å². The fourth-order valence-corrected chi connectivity index (χ4v) is 6.66. The number of piperidine rings is 1. The Morgan fingerprint density at radius 3 is 2.33 bits per heavy atom. The quantitative estimate of drug-likeness (QED) is 0.635. The number of aromatic amines is 1. The fourth-order valence-electron chi connectivity index (χ4n) is 6.66. The molecule has 1 unspecified atom stereocenters. The van der Waals surface area contributed by atoms with E-state index in [0.29, 0.717) is 6.04 Å². The van der Waals surface area contributed by atoms with Crippen LogP contribution in [-0.4, -0.2) is 43.8 Å². The van der Waals surface area contributed by atoms with Crippen LogP contribution < -0.4 is 0 Å². The Bertz CT molecular complexity index is 968. The van der Waals surface area contributed by atoms with E-state index in [9.17, 15) is 0 Å². The highest BCUT2D eigenvalue weighted by atomic mass is 15.2. The second kappa shape index (κ2) is 7.84. The lowest BCUT2D eigenvalue weighted by Crippen LogP contribution is -2.45. The molecule has 3 atom stereocenters. The van der Waals surface area contributed by atoms with Crippen LogP contribution in [0.4, 0.5) is 0 Å². The molecule has 3 aromatic rings. The van der Waals surface area contributed by atoms with Gasteiger partial charge in [-0.3, -0.25) is 5.10 Å². The molecule has 3 heterocycles. The lowest BCUT2D eigenvalue weighted by molar-refractivity contribution is 0.0719. The number of hydrogen-bond acceptors (Lipinski definition) is 3. The molecular formula is C25H33N5. The fraction of sp³-hybridized carbons (Fsp3) is 0.600. The monoisotopic (exact) mass is 403 g/mol. The van der Waals surface area contributed by atoms with E-state index in [4.69, 9.17) is 4.98 Å². The van der Waals surface area contributed by atoms with Crippen LogP contribution in [0.3, 0.4) is 0 Å². The van der Waals surface area contributed by atoms with Crippen molar-refractivity contribution in [3.05, 3.63) is 36.5 Å². The van der Waals surface area contributed by atoms with E-state index in [1.807, 2.05) is 12.3 Å². The Hall–Kier alpha value is -2.14. The van der Waals surface area contributed by atoms with Crippen LogP contribution in [0.2, 0.25) is 0 Å².